The predicted molar refractivity (Wildman–Crippen MR) is 108 cm³/mol. The maximum absolute atomic E-state index is 12.8. The second-order valence-corrected chi connectivity index (χ2v) is 7.75. The van der Waals surface area contributed by atoms with Crippen LogP contribution in [0.3, 0.4) is 0 Å². The molecule has 1 aromatic heterocycles. The lowest BCUT2D eigenvalue weighted by Gasteiger charge is -2.12. The molecule has 0 atom stereocenters. The van der Waals surface area contributed by atoms with E-state index in [0.717, 1.165) is 24.0 Å². The maximum atomic E-state index is 12.8. The summed E-state index contributed by atoms with van der Waals surface area (Å²) in [5.74, 6) is 0.177. The first-order chi connectivity index (χ1) is 13.1. The smallest absolute Gasteiger partial charge is 0.262 e. The molecule has 6 heteroatoms. The number of aromatic nitrogens is 2. The molecule has 1 aliphatic carbocycles. The zero-order valence-electron chi connectivity index (χ0n) is 15.1. The van der Waals surface area contributed by atoms with Crippen molar-refractivity contribution in [2.45, 2.75) is 37.5 Å². The second-order valence-electron chi connectivity index (χ2n) is 6.81. The van der Waals surface area contributed by atoms with Crippen LogP contribution in [0.1, 0.15) is 30.0 Å². The van der Waals surface area contributed by atoms with Gasteiger partial charge in [0, 0.05) is 12.6 Å². The Balaban J connectivity index is 1.48. The summed E-state index contributed by atoms with van der Waals surface area (Å²) in [4.78, 5) is 29.8. The number of carbonyl (C=O) groups is 1. The number of nitrogens with one attached hydrogen (secondary N) is 1. The zero-order chi connectivity index (χ0) is 18.8. The standard InChI is InChI=1S/C21H21N3O2S/c1-14-6-2-3-7-15(14)12-22-19(25)13-27-21-23-18-9-5-4-8-17(18)20(26)24(21)16-10-11-16/h2-9,16H,10-13H2,1H3,(H,22,25). The normalized spacial score (nSPS) is 13.7. The number of rotatable bonds is 6. The summed E-state index contributed by atoms with van der Waals surface area (Å²) in [7, 11) is 0. The SMILES string of the molecule is Cc1ccccc1CNC(=O)CSc1nc2ccccc2c(=O)n1C1CC1. The van der Waals surface area contributed by atoms with Crippen LogP contribution in [0.4, 0.5) is 0 Å². The number of hydrogen-bond acceptors (Lipinski definition) is 4. The van der Waals surface area contributed by atoms with Gasteiger partial charge in [0.15, 0.2) is 5.16 Å². The Bertz CT molecular complexity index is 1060. The molecule has 0 aliphatic heterocycles. The van der Waals surface area contributed by atoms with E-state index in [0.29, 0.717) is 22.6 Å². The molecule has 1 amide bonds. The lowest BCUT2D eigenvalue weighted by Crippen LogP contribution is -2.26. The number of carbonyl (C=O) groups excluding carboxylic acids is 1. The Morgan fingerprint density at radius 2 is 1.93 bits per heavy atom. The van der Waals surface area contributed by atoms with Crippen LogP contribution >= 0.6 is 11.8 Å². The minimum absolute atomic E-state index is 0.00841. The molecule has 138 valence electrons. The van der Waals surface area contributed by atoms with Crippen LogP contribution in [0.25, 0.3) is 10.9 Å². The fraction of sp³-hybridized carbons (Fsp3) is 0.286. The number of nitrogens with zero attached hydrogens (tertiary/aromatic N) is 2. The van der Waals surface area contributed by atoms with E-state index in [1.165, 1.54) is 11.8 Å². The van der Waals surface area contributed by atoms with Gasteiger partial charge in [0.2, 0.25) is 5.91 Å². The number of benzene rings is 2. The second kappa shape index (κ2) is 7.56. The van der Waals surface area contributed by atoms with Crippen LogP contribution in [-0.2, 0) is 11.3 Å². The van der Waals surface area contributed by atoms with Gasteiger partial charge in [-0.15, -0.1) is 0 Å². The number of aryl methyl sites for hydroxylation is 1. The van der Waals surface area contributed by atoms with Crippen molar-refractivity contribution in [1.82, 2.24) is 14.9 Å². The molecule has 1 N–H and O–H groups in total. The van der Waals surface area contributed by atoms with Gasteiger partial charge in [-0.05, 0) is 43.0 Å². The van der Waals surface area contributed by atoms with Crippen molar-refractivity contribution in [2.75, 3.05) is 5.75 Å². The van der Waals surface area contributed by atoms with Crippen LogP contribution in [0.5, 0.6) is 0 Å². The Morgan fingerprint density at radius 1 is 1.19 bits per heavy atom. The van der Waals surface area contributed by atoms with Crippen molar-refractivity contribution in [1.29, 1.82) is 0 Å². The number of para-hydroxylation sites is 1. The highest BCUT2D eigenvalue weighted by atomic mass is 32.2. The summed E-state index contributed by atoms with van der Waals surface area (Å²) >= 11 is 1.33. The number of hydrogen-bond donors (Lipinski definition) is 1. The highest BCUT2D eigenvalue weighted by molar-refractivity contribution is 7.99. The maximum Gasteiger partial charge on any atom is 0.262 e. The zero-order valence-corrected chi connectivity index (χ0v) is 16.0. The van der Waals surface area contributed by atoms with Gasteiger partial charge in [-0.2, -0.15) is 0 Å². The first-order valence-electron chi connectivity index (χ1n) is 9.09. The van der Waals surface area contributed by atoms with E-state index in [2.05, 4.69) is 10.3 Å². The molecule has 4 rings (SSSR count). The van der Waals surface area contributed by atoms with Crippen LogP contribution < -0.4 is 10.9 Å². The van der Waals surface area contributed by atoms with Gasteiger partial charge < -0.3 is 5.32 Å². The third-order valence-electron chi connectivity index (χ3n) is 4.76. The van der Waals surface area contributed by atoms with Crippen LogP contribution in [0.15, 0.2) is 58.5 Å². The van der Waals surface area contributed by atoms with Gasteiger partial charge in [-0.25, -0.2) is 4.98 Å². The van der Waals surface area contributed by atoms with Gasteiger partial charge in [0.25, 0.3) is 5.56 Å². The first-order valence-corrected chi connectivity index (χ1v) is 10.1. The molecule has 3 aromatic rings. The van der Waals surface area contributed by atoms with E-state index >= 15 is 0 Å². The van der Waals surface area contributed by atoms with Crippen LogP contribution in [-0.4, -0.2) is 21.2 Å². The van der Waals surface area contributed by atoms with Crippen LogP contribution in [0.2, 0.25) is 0 Å². The van der Waals surface area contributed by atoms with Crippen molar-refractivity contribution in [3.63, 3.8) is 0 Å². The van der Waals surface area contributed by atoms with Crippen molar-refractivity contribution < 1.29 is 4.79 Å². The monoisotopic (exact) mass is 379 g/mol. The molecule has 0 saturated heterocycles. The van der Waals surface area contributed by atoms with E-state index in [1.807, 2.05) is 55.5 Å². The fourth-order valence-electron chi connectivity index (χ4n) is 3.07. The molecule has 0 spiro atoms. The molecule has 0 bridgehead atoms. The summed E-state index contributed by atoms with van der Waals surface area (Å²) in [5.41, 5.74) is 2.94. The van der Waals surface area contributed by atoms with Gasteiger partial charge in [0.1, 0.15) is 0 Å². The molecule has 1 fully saturated rings. The third kappa shape index (κ3) is 3.90. The lowest BCUT2D eigenvalue weighted by molar-refractivity contribution is -0.118. The summed E-state index contributed by atoms with van der Waals surface area (Å²) in [6.07, 6.45) is 1.99. The highest BCUT2D eigenvalue weighted by Gasteiger charge is 2.28. The molecular formula is C21H21N3O2S. The van der Waals surface area contributed by atoms with Crippen LogP contribution in [0, 0.1) is 6.92 Å². The largest absolute Gasteiger partial charge is 0.351 e. The molecule has 1 aliphatic rings. The summed E-state index contributed by atoms with van der Waals surface area (Å²) in [6.45, 7) is 2.54. The molecule has 1 saturated carbocycles. The molecule has 0 radical (unpaired) electrons. The number of fused-ring (bicyclic) bond motifs is 1. The van der Waals surface area contributed by atoms with Crippen molar-refractivity contribution in [3.8, 4) is 0 Å². The van der Waals surface area contributed by atoms with E-state index in [1.54, 1.807) is 4.57 Å². The van der Waals surface area contributed by atoms with E-state index in [9.17, 15) is 9.59 Å². The average molecular weight is 379 g/mol. The van der Waals surface area contributed by atoms with Gasteiger partial charge in [-0.3, -0.25) is 14.2 Å². The van der Waals surface area contributed by atoms with E-state index in [-0.39, 0.29) is 23.3 Å². The van der Waals surface area contributed by atoms with E-state index in [4.69, 9.17) is 0 Å². The fourth-order valence-corrected chi connectivity index (χ4v) is 3.96. The molecule has 27 heavy (non-hydrogen) atoms. The Labute approximate surface area is 161 Å². The topological polar surface area (TPSA) is 64.0 Å². The molecule has 2 aromatic carbocycles. The van der Waals surface area contributed by atoms with Crippen molar-refractivity contribution >= 4 is 28.6 Å². The number of amides is 1. The van der Waals surface area contributed by atoms with Crippen molar-refractivity contribution in [2.24, 2.45) is 0 Å². The number of thioether (sulfide) groups is 1. The van der Waals surface area contributed by atoms with Gasteiger partial charge >= 0.3 is 0 Å². The minimum Gasteiger partial charge on any atom is -0.351 e. The van der Waals surface area contributed by atoms with E-state index < -0.39 is 0 Å². The molecular weight excluding hydrogens is 358 g/mol. The molecule has 5 nitrogen and oxygen atoms in total. The quantitative estimate of drug-likeness (QED) is 0.526. The summed E-state index contributed by atoms with van der Waals surface area (Å²) in [6, 6.07) is 15.6. The Hall–Kier alpha value is -2.60. The molecule has 1 heterocycles. The first kappa shape index (κ1) is 17.8. The minimum atomic E-state index is -0.0620. The third-order valence-corrected chi connectivity index (χ3v) is 5.71. The lowest BCUT2D eigenvalue weighted by atomic mass is 10.1. The molecule has 0 unspecified atom stereocenters. The summed E-state index contributed by atoms with van der Waals surface area (Å²) in [5, 5.41) is 4.22. The van der Waals surface area contributed by atoms with Gasteiger partial charge in [-0.1, -0.05) is 48.2 Å². The summed E-state index contributed by atoms with van der Waals surface area (Å²) < 4.78 is 1.77. The predicted octanol–water partition coefficient (Wildman–Crippen LogP) is 3.45. The highest BCUT2D eigenvalue weighted by Crippen LogP contribution is 2.36. The Morgan fingerprint density at radius 3 is 2.70 bits per heavy atom. The van der Waals surface area contributed by atoms with Crippen molar-refractivity contribution in [3.05, 3.63) is 70.0 Å². The average Bonchev–Trinajstić information content (AvgIpc) is 3.51. The van der Waals surface area contributed by atoms with Gasteiger partial charge in [0.05, 0.1) is 16.7 Å². The Kier molecular flexibility index (Phi) is 4.99.